The maximum absolute atomic E-state index is 13.1. The molecule has 0 amide bonds. The van der Waals surface area contributed by atoms with Crippen LogP contribution in [-0.2, 0) is 0 Å². The molecule has 0 N–H and O–H groups in total. The Balaban J connectivity index is 3.19. The molecular weight excluding hydrogens is 167 g/mol. The minimum absolute atomic E-state index is 0.0705. The van der Waals surface area contributed by atoms with Gasteiger partial charge in [-0.05, 0) is 18.4 Å². The molecule has 0 saturated heterocycles. The third-order valence-electron chi connectivity index (χ3n) is 1.70. The molecule has 3 heteroatoms. The summed E-state index contributed by atoms with van der Waals surface area (Å²) in [4.78, 5) is 7.92. The molecule has 70 valence electrons. The lowest BCUT2D eigenvalue weighted by atomic mass is 10.1. The molecule has 0 aromatic carbocycles. The Hall–Kier alpha value is -1.25. The zero-order valence-electron chi connectivity index (χ0n) is 8.13. The molecule has 13 heavy (non-hydrogen) atoms. The first-order valence-electron chi connectivity index (χ1n) is 4.20. The van der Waals surface area contributed by atoms with Crippen LogP contribution in [0.2, 0.25) is 0 Å². The van der Waals surface area contributed by atoms with E-state index in [1.54, 1.807) is 6.92 Å². The number of halogens is 1. The lowest BCUT2D eigenvalue weighted by molar-refractivity contribution is 0.575. The van der Waals surface area contributed by atoms with Crippen molar-refractivity contribution in [2.45, 2.75) is 26.7 Å². The fourth-order valence-electron chi connectivity index (χ4n) is 0.991. The number of allylic oxidation sites excluding steroid dienone is 1. The van der Waals surface area contributed by atoms with Crippen molar-refractivity contribution in [1.82, 2.24) is 9.97 Å². The van der Waals surface area contributed by atoms with Gasteiger partial charge in [0.15, 0.2) is 11.6 Å². The van der Waals surface area contributed by atoms with E-state index in [2.05, 4.69) is 16.5 Å². The Kier molecular flexibility index (Phi) is 2.76. The van der Waals surface area contributed by atoms with Gasteiger partial charge in [-0.3, -0.25) is 0 Å². The van der Waals surface area contributed by atoms with E-state index < -0.39 is 0 Å². The van der Waals surface area contributed by atoms with Gasteiger partial charge in [0.25, 0.3) is 0 Å². The molecule has 0 aliphatic heterocycles. The first-order valence-corrected chi connectivity index (χ1v) is 4.20. The van der Waals surface area contributed by atoms with Gasteiger partial charge < -0.3 is 0 Å². The van der Waals surface area contributed by atoms with Crippen LogP contribution in [0.1, 0.15) is 38.2 Å². The van der Waals surface area contributed by atoms with E-state index in [1.807, 2.05) is 13.8 Å². The molecule has 1 aromatic heterocycles. The third-order valence-corrected chi connectivity index (χ3v) is 1.70. The Bertz CT molecular complexity index is 332. The topological polar surface area (TPSA) is 25.8 Å². The standard InChI is InChI=1S/C10H13FN2/c1-6(2)9-8(11)5-12-10(13-9)7(3)4/h5-6H,3H2,1-2,4H3. The van der Waals surface area contributed by atoms with Crippen LogP contribution in [-0.4, -0.2) is 9.97 Å². The predicted octanol–water partition coefficient (Wildman–Crippen LogP) is 2.77. The van der Waals surface area contributed by atoms with Crippen molar-refractivity contribution in [2.75, 3.05) is 0 Å². The molecule has 0 fully saturated rings. The number of nitrogens with zero attached hydrogens (tertiary/aromatic N) is 2. The van der Waals surface area contributed by atoms with Crippen molar-refractivity contribution in [2.24, 2.45) is 0 Å². The van der Waals surface area contributed by atoms with Gasteiger partial charge in [-0.2, -0.15) is 0 Å². The van der Waals surface area contributed by atoms with Crippen molar-refractivity contribution >= 4 is 5.57 Å². The minimum Gasteiger partial charge on any atom is -0.234 e. The summed E-state index contributed by atoms with van der Waals surface area (Å²) in [6, 6.07) is 0. The maximum atomic E-state index is 13.1. The lowest BCUT2D eigenvalue weighted by Gasteiger charge is -2.07. The van der Waals surface area contributed by atoms with Crippen molar-refractivity contribution in [1.29, 1.82) is 0 Å². The summed E-state index contributed by atoms with van der Waals surface area (Å²) >= 11 is 0. The third kappa shape index (κ3) is 2.11. The van der Waals surface area contributed by atoms with E-state index in [4.69, 9.17) is 0 Å². The lowest BCUT2D eigenvalue weighted by Crippen LogP contribution is -2.02. The monoisotopic (exact) mass is 180 g/mol. The fourth-order valence-corrected chi connectivity index (χ4v) is 0.991. The SMILES string of the molecule is C=C(C)c1ncc(F)c(C(C)C)n1. The van der Waals surface area contributed by atoms with Gasteiger partial charge >= 0.3 is 0 Å². The molecule has 1 aromatic rings. The van der Waals surface area contributed by atoms with Gasteiger partial charge in [0.05, 0.1) is 11.9 Å². The van der Waals surface area contributed by atoms with Crippen LogP contribution in [0.25, 0.3) is 5.57 Å². The van der Waals surface area contributed by atoms with Crippen LogP contribution >= 0.6 is 0 Å². The van der Waals surface area contributed by atoms with E-state index >= 15 is 0 Å². The van der Waals surface area contributed by atoms with Gasteiger partial charge in [-0.1, -0.05) is 20.4 Å². The zero-order valence-corrected chi connectivity index (χ0v) is 8.13. The molecule has 0 bridgehead atoms. The largest absolute Gasteiger partial charge is 0.234 e. The van der Waals surface area contributed by atoms with E-state index in [0.717, 1.165) is 5.57 Å². The van der Waals surface area contributed by atoms with Crippen molar-refractivity contribution in [3.05, 3.63) is 30.1 Å². The highest BCUT2D eigenvalue weighted by atomic mass is 19.1. The summed E-state index contributed by atoms with van der Waals surface area (Å²) in [5.41, 5.74) is 1.20. The van der Waals surface area contributed by atoms with E-state index in [1.165, 1.54) is 6.20 Å². The highest BCUT2D eigenvalue weighted by Crippen LogP contribution is 2.16. The second-order valence-corrected chi connectivity index (χ2v) is 3.36. The first kappa shape index (κ1) is 9.84. The summed E-state index contributed by atoms with van der Waals surface area (Å²) in [5, 5.41) is 0. The van der Waals surface area contributed by atoms with Crippen LogP contribution in [0.4, 0.5) is 4.39 Å². The molecule has 0 spiro atoms. The molecule has 0 atom stereocenters. The highest BCUT2D eigenvalue weighted by Gasteiger charge is 2.10. The van der Waals surface area contributed by atoms with Gasteiger partial charge in [-0.15, -0.1) is 0 Å². The van der Waals surface area contributed by atoms with Crippen molar-refractivity contribution in [3.63, 3.8) is 0 Å². The molecule has 2 nitrogen and oxygen atoms in total. The first-order chi connectivity index (χ1) is 6.02. The molecule has 0 saturated carbocycles. The zero-order chi connectivity index (χ0) is 10.0. The Morgan fingerprint density at radius 3 is 2.62 bits per heavy atom. The van der Waals surface area contributed by atoms with E-state index in [0.29, 0.717) is 11.5 Å². The van der Waals surface area contributed by atoms with Crippen LogP contribution in [0.15, 0.2) is 12.8 Å². The number of hydrogen-bond donors (Lipinski definition) is 0. The Morgan fingerprint density at radius 1 is 1.54 bits per heavy atom. The van der Waals surface area contributed by atoms with Gasteiger partial charge in [0, 0.05) is 0 Å². The van der Waals surface area contributed by atoms with Crippen LogP contribution < -0.4 is 0 Å². The summed E-state index contributed by atoms with van der Waals surface area (Å²) in [6.07, 6.45) is 1.20. The molecule has 0 aliphatic carbocycles. The van der Waals surface area contributed by atoms with Crippen LogP contribution in [0, 0.1) is 5.82 Å². The Morgan fingerprint density at radius 2 is 2.15 bits per heavy atom. The maximum Gasteiger partial charge on any atom is 0.163 e. The molecule has 0 unspecified atom stereocenters. The van der Waals surface area contributed by atoms with Crippen molar-refractivity contribution in [3.8, 4) is 0 Å². The smallest absolute Gasteiger partial charge is 0.163 e. The molecule has 0 aliphatic rings. The molecule has 1 rings (SSSR count). The highest BCUT2D eigenvalue weighted by molar-refractivity contribution is 5.53. The average Bonchev–Trinajstić information content (AvgIpc) is 2.04. The second-order valence-electron chi connectivity index (χ2n) is 3.36. The molecule has 1 heterocycles. The number of aromatic nitrogens is 2. The number of rotatable bonds is 2. The summed E-state index contributed by atoms with van der Waals surface area (Å²) in [6.45, 7) is 9.30. The van der Waals surface area contributed by atoms with Gasteiger partial charge in [0.2, 0.25) is 0 Å². The summed E-state index contributed by atoms with van der Waals surface area (Å²) < 4.78 is 13.1. The normalized spacial score (nSPS) is 10.5. The van der Waals surface area contributed by atoms with E-state index in [9.17, 15) is 4.39 Å². The number of hydrogen-bond acceptors (Lipinski definition) is 2. The van der Waals surface area contributed by atoms with Crippen LogP contribution in [0.3, 0.4) is 0 Å². The Labute approximate surface area is 77.5 Å². The van der Waals surface area contributed by atoms with Gasteiger partial charge in [0.1, 0.15) is 0 Å². The predicted molar refractivity (Wildman–Crippen MR) is 50.8 cm³/mol. The van der Waals surface area contributed by atoms with E-state index in [-0.39, 0.29) is 11.7 Å². The molecule has 0 radical (unpaired) electrons. The van der Waals surface area contributed by atoms with Crippen LogP contribution in [0.5, 0.6) is 0 Å². The second kappa shape index (κ2) is 3.64. The average molecular weight is 180 g/mol. The van der Waals surface area contributed by atoms with Crippen molar-refractivity contribution < 1.29 is 4.39 Å². The summed E-state index contributed by atoms with van der Waals surface area (Å²) in [5.74, 6) is 0.242. The minimum atomic E-state index is -0.347. The fraction of sp³-hybridized carbons (Fsp3) is 0.400. The summed E-state index contributed by atoms with van der Waals surface area (Å²) in [7, 11) is 0. The quantitative estimate of drug-likeness (QED) is 0.699. The van der Waals surface area contributed by atoms with Gasteiger partial charge in [-0.25, -0.2) is 14.4 Å². The molecular formula is C10H13FN2.